The van der Waals surface area contributed by atoms with Crippen LogP contribution < -0.4 is 19.5 Å². The van der Waals surface area contributed by atoms with E-state index in [0.29, 0.717) is 41.0 Å². The molecule has 0 unspecified atom stereocenters. The van der Waals surface area contributed by atoms with Crippen molar-refractivity contribution in [3.05, 3.63) is 59.4 Å². The minimum Gasteiger partial charge on any atom is -0.497 e. The number of hydrogen-bond acceptors (Lipinski definition) is 9. The molecule has 1 saturated heterocycles. The summed E-state index contributed by atoms with van der Waals surface area (Å²) < 4.78 is 26.4. The highest BCUT2D eigenvalue weighted by atomic mass is 32.1. The van der Waals surface area contributed by atoms with Crippen LogP contribution in [0.15, 0.2) is 42.5 Å². The number of carbonyl (C=O) groups is 1. The van der Waals surface area contributed by atoms with Crippen molar-refractivity contribution in [2.75, 3.05) is 53.6 Å². The summed E-state index contributed by atoms with van der Waals surface area (Å²) in [5, 5.41) is 3.34. The Bertz CT molecular complexity index is 1100. The van der Waals surface area contributed by atoms with Crippen molar-refractivity contribution in [3.8, 4) is 22.4 Å². The second kappa shape index (κ2) is 11.8. The van der Waals surface area contributed by atoms with Gasteiger partial charge in [-0.2, -0.15) is 9.36 Å². The molecule has 0 saturated carbocycles. The first kappa shape index (κ1) is 23.9. The van der Waals surface area contributed by atoms with E-state index >= 15 is 0 Å². The molecule has 1 fully saturated rings. The van der Waals surface area contributed by atoms with Gasteiger partial charge in [-0.05, 0) is 35.9 Å². The zero-order valence-corrected chi connectivity index (χ0v) is 20.1. The van der Waals surface area contributed by atoms with E-state index in [1.54, 1.807) is 32.4 Å². The maximum atomic E-state index is 12.7. The second-order valence-electron chi connectivity index (χ2n) is 7.68. The molecule has 9 nitrogen and oxygen atoms in total. The molecule has 1 aliphatic heterocycles. The van der Waals surface area contributed by atoms with Gasteiger partial charge in [-0.25, -0.2) is 0 Å². The first-order valence-corrected chi connectivity index (χ1v) is 11.8. The summed E-state index contributed by atoms with van der Waals surface area (Å²) in [7, 11) is 3.19. The van der Waals surface area contributed by atoms with E-state index in [2.05, 4.69) is 19.6 Å². The molecule has 1 aliphatic rings. The van der Waals surface area contributed by atoms with Gasteiger partial charge in [0, 0.05) is 49.7 Å². The van der Waals surface area contributed by atoms with Crippen LogP contribution in [0.2, 0.25) is 0 Å². The Labute approximate surface area is 202 Å². The SMILES string of the molecule is COc1cccc(Cc2nsc(Oc3cc(C(=O)NCCN4CCOCC4)ccc3OC)n2)c1. The van der Waals surface area contributed by atoms with Gasteiger partial charge in [0.1, 0.15) is 5.75 Å². The van der Waals surface area contributed by atoms with Gasteiger partial charge in [-0.15, -0.1) is 0 Å². The van der Waals surface area contributed by atoms with E-state index in [-0.39, 0.29) is 5.91 Å². The molecule has 0 radical (unpaired) electrons. The first-order chi connectivity index (χ1) is 16.6. The molecular weight excluding hydrogens is 456 g/mol. The number of rotatable bonds is 10. The molecule has 1 aromatic heterocycles. The highest BCUT2D eigenvalue weighted by Crippen LogP contribution is 2.33. The van der Waals surface area contributed by atoms with Gasteiger partial charge >= 0.3 is 0 Å². The number of benzene rings is 2. The van der Waals surface area contributed by atoms with Gasteiger partial charge in [-0.3, -0.25) is 9.69 Å². The second-order valence-corrected chi connectivity index (χ2v) is 8.40. The van der Waals surface area contributed by atoms with E-state index in [1.165, 1.54) is 0 Å². The summed E-state index contributed by atoms with van der Waals surface area (Å²) in [5.41, 5.74) is 1.52. The molecule has 0 aliphatic carbocycles. The summed E-state index contributed by atoms with van der Waals surface area (Å²) in [5.74, 6) is 2.18. The van der Waals surface area contributed by atoms with Crippen molar-refractivity contribution < 1.29 is 23.7 Å². The van der Waals surface area contributed by atoms with Crippen LogP contribution in [-0.2, 0) is 11.2 Å². The lowest BCUT2D eigenvalue weighted by molar-refractivity contribution is 0.0383. The third-order valence-corrected chi connectivity index (χ3v) is 6.02. The van der Waals surface area contributed by atoms with Crippen LogP contribution in [0.3, 0.4) is 0 Å². The summed E-state index contributed by atoms with van der Waals surface area (Å²) in [6.07, 6.45) is 0.555. The quantitative estimate of drug-likeness (QED) is 0.469. The molecule has 2 aromatic carbocycles. The number of amides is 1. The first-order valence-electron chi connectivity index (χ1n) is 11.0. The molecule has 34 heavy (non-hydrogen) atoms. The van der Waals surface area contributed by atoms with Gasteiger partial charge in [0.2, 0.25) is 0 Å². The monoisotopic (exact) mass is 484 g/mol. The Morgan fingerprint density at radius 3 is 2.76 bits per heavy atom. The zero-order chi connectivity index (χ0) is 23.8. The van der Waals surface area contributed by atoms with Crippen LogP contribution in [0.25, 0.3) is 0 Å². The minimum atomic E-state index is -0.170. The van der Waals surface area contributed by atoms with Crippen LogP contribution in [0.1, 0.15) is 21.7 Å². The highest BCUT2D eigenvalue weighted by Gasteiger charge is 2.15. The molecule has 0 bridgehead atoms. The van der Waals surface area contributed by atoms with Gasteiger partial charge in [0.15, 0.2) is 17.3 Å². The van der Waals surface area contributed by atoms with Gasteiger partial charge in [-0.1, -0.05) is 12.1 Å². The smallest absolute Gasteiger partial charge is 0.298 e. The normalized spacial score (nSPS) is 13.9. The Balaban J connectivity index is 1.38. The molecule has 180 valence electrons. The molecule has 1 N–H and O–H groups in total. The Morgan fingerprint density at radius 2 is 1.97 bits per heavy atom. The van der Waals surface area contributed by atoms with Crippen LogP contribution >= 0.6 is 11.5 Å². The van der Waals surface area contributed by atoms with E-state index in [1.807, 2.05) is 24.3 Å². The minimum absolute atomic E-state index is 0.170. The van der Waals surface area contributed by atoms with Gasteiger partial charge in [0.05, 0.1) is 27.4 Å². The number of nitrogens with one attached hydrogen (secondary N) is 1. The number of hydrogen-bond donors (Lipinski definition) is 1. The zero-order valence-electron chi connectivity index (χ0n) is 19.3. The Morgan fingerprint density at radius 1 is 1.12 bits per heavy atom. The van der Waals surface area contributed by atoms with Gasteiger partial charge < -0.3 is 24.3 Å². The van der Waals surface area contributed by atoms with Crippen molar-refractivity contribution in [3.63, 3.8) is 0 Å². The van der Waals surface area contributed by atoms with Crippen molar-refractivity contribution in [2.45, 2.75) is 6.42 Å². The lowest BCUT2D eigenvalue weighted by atomic mass is 10.1. The number of aromatic nitrogens is 2. The van der Waals surface area contributed by atoms with Crippen LogP contribution in [-0.4, -0.2) is 73.8 Å². The maximum absolute atomic E-state index is 12.7. The summed E-state index contributed by atoms with van der Waals surface area (Å²) in [4.78, 5) is 19.4. The Kier molecular flexibility index (Phi) is 8.29. The van der Waals surface area contributed by atoms with Crippen molar-refractivity contribution >= 4 is 17.4 Å². The fourth-order valence-electron chi connectivity index (χ4n) is 3.56. The number of carbonyl (C=O) groups excluding carboxylic acids is 1. The van der Waals surface area contributed by atoms with Gasteiger partial charge in [0.25, 0.3) is 11.1 Å². The summed E-state index contributed by atoms with van der Waals surface area (Å²) in [6, 6.07) is 12.9. The molecule has 4 rings (SSSR count). The topological polar surface area (TPSA) is 95.0 Å². The average Bonchev–Trinajstić information content (AvgIpc) is 3.31. The predicted octanol–water partition coefficient (Wildman–Crippen LogP) is 3.00. The van der Waals surface area contributed by atoms with Crippen LogP contribution in [0, 0.1) is 0 Å². The molecule has 1 amide bonds. The molecule has 10 heteroatoms. The largest absolute Gasteiger partial charge is 0.497 e. The molecule has 2 heterocycles. The number of morpholine rings is 1. The molecule has 0 spiro atoms. The average molecular weight is 485 g/mol. The third kappa shape index (κ3) is 6.43. The molecular formula is C24H28N4O5S. The van der Waals surface area contributed by atoms with E-state index in [4.69, 9.17) is 18.9 Å². The standard InChI is InChI=1S/C24H28N4O5S/c1-30-19-5-3-4-17(14-19)15-22-26-24(34-27-22)33-21-16-18(6-7-20(21)31-2)23(29)25-8-9-28-10-12-32-13-11-28/h3-7,14,16H,8-13,15H2,1-2H3,(H,25,29). The van der Waals surface area contributed by atoms with Crippen molar-refractivity contribution in [1.29, 1.82) is 0 Å². The number of methoxy groups -OCH3 is 2. The van der Waals surface area contributed by atoms with Crippen molar-refractivity contribution in [1.82, 2.24) is 19.6 Å². The Hall–Kier alpha value is -3.21. The molecule has 3 aromatic rings. The third-order valence-electron chi connectivity index (χ3n) is 5.39. The fourth-order valence-corrected chi connectivity index (χ4v) is 4.12. The molecule has 0 atom stereocenters. The van der Waals surface area contributed by atoms with Crippen molar-refractivity contribution in [2.24, 2.45) is 0 Å². The predicted molar refractivity (Wildman–Crippen MR) is 128 cm³/mol. The van der Waals surface area contributed by atoms with E-state index in [0.717, 1.165) is 55.7 Å². The maximum Gasteiger partial charge on any atom is 0.298 e. The summed E-state index contributed by atoms with van der Waals surface area (Å²) in [6.45, 7) is 4.59. The lowest BCUT2D eigenvalue weighted by Gasteiger charge is -2.26. The number of ether oxygens (including phenoxy) is 4. The van der Waals surface area contributed by atoms with E-state index in [9.17, 15) is 4.79 Å². The summed E-state index contributed by atoms with van der Waals surface area (Å²) >= 11 is 1.15. The van der Waals surface area contributed by atoms with E-state index < -0.39 is 0 Å². The fraction of sp³-hybridized carbons (Fsp3) is 0.375. The highest BCUT2D eigenvalue weighted by molar-refractivity contribution is 7.07. The van der Waals surface area contributed by atoms with Crippen LogP contribution in [0.5, 0.6) is 22.4 Å². The van der Waals surface area contributed by atoms with Crippen LogP contribution in [0.4, 0.5) is 0 Å². The number of nitrogens with zero attached hydrogens (tertiary/aromatic N) is 3. The lowest BCUT2D eigenvalue weighted by Crippen LogP contribution is -2.41.